The minimum atomic E-state index is -0.637. The lowest BCUT2D eigenvalue weighted by atomic mass is 10.0. The number of rotatable bonds is 0. The van der Waals surface area contributed by atoms with E-state index in [1.165, 1.54) is 6.08 Å². The van der Waals surface area contributed by atoms with Gasteiger partial charge in [0.25, 0.3) is 0 Å². The second kappa shape index (κ2) is 3.65. The van der Waals surface area contributed by atoms with Crippen LogP contribution in [0.15, 0.2) is 34.6 Å². The summed E-state index contributed by atoms with van der Waals surface area (Å²) in [6.07, 6.45) is 2.67. The van der Waals surface area contributed by atoms with E-state index in [9.17, 15) is 9.18 Å². The molecule has 0 saturated carbocycles. The molecular weight excluding hydrogens is 247 g/mol. The largest absolute Gasteiger partial charge is 0.286 e. The fraction of sp³-hybridized carbons (Fsp3) is 0.182. The molecule has 3 heteroatoms. The summed E-state index contributed by atoms with van der Waals surface area (Å²) in [6, 6.07) is 5.41. The molecule has 0 fully saturated rings. The first kappa shape index (κ1) is 9.59. The molecule has 0 heterocycles. The number of carbonyl (C=O) groups excluding carboxylic acids is 1. The number of fused-ring (bicyclic) bond motifs is 1. The third-order valence-electron chi connectivity index (χ3n) is 2.27. The fourth-order valence-electron chi connectivity index (χ4n) is 1.55. The Morgan fingerprint density at radius 2 is 2.14 bits per heavy atom. The highest BCUT2D eigenvalue weighted by Crippen LogP contribution is 2.24. The van der Waals surface area contributed by atoms with Crippen molar-refractivity contribution in [3.05, 3.63) is 45.7 Å². The van der Waals surface area contributed by atoms with Crippen LogP contribution in [0.1, 0.15) is 22.3 Å². The molecule has 2 rings (SSSR count). The molecule has 1 aliphatic rings. The Morgan fingerprint density at radius 3 is 2.93 bits per heavy atom. The number of carbonyl (C=O) groups is 1. The van der Waals surface area contributed by atoms with E-state index >= 15 is 0 Å². The molecule has 1 aromatic carbocycles. The van der Waals surface area contributed by atoms with Crippen LogP contribution in [0.25, 0.3) is 0 Å². The van der Waals surface area contributed by atoms with Crippen LogP contribution in [0.3, 0.4) is 0 Å². The van der Waals surface area contributed by atoms with Gasteiger partial charge in [0, 0.05) is 10.0 Å². The Morgan fingerprint density at radius 1 is 1.36 bits per heavy atom. The minimum absolute atomic E-state index is 0.477. The zero-order valence-corrected chi connectivity index (χ0v) is 8.97. The van der Waals surface area contributed by atoms with E-state index in [0.717, 1.165) is 16.5 Å². The molecule has 0 radical (unpaired) electrons. The van der Waals surface area contributed by atoms with Gasteiger partial charge in [0.1, 0.15) is 0 Å². The maximum Gasteiger partial charge on any atom is 0.221 e. The molecule has 72 valence electrons. The molecule has 0 aromatic heterocycles. The summed E-state index contributed by atoms with van der Waals surface area (Å²) in [5.41, 5.74) is 1.40. The van der Waals surface area contributed by atoms with Gasteiger partial charge in [0.05, 0.1) is 0 Å². The maximum atomic E-state index is 13.1. The van der Waals surface area contributed by atoms with Crippen LogP contribution in [0.4, 0.5) is 4.39 Å². The van der Waals surface area contributed by atoms with E-state index in [4.69, 9.17) is 0 Å². The summed E-state index contributed by atoms with van der Waals surface area (Å²) in [6.45, 7) is 0. The smallest absolute Gasteiger partial charge is 0.221 e. The lowest BCUT2D eigenvalue weighted by molar-refractivity contribution is 0.100. The molecule has 14 heavy (non-hydrogen) atoms. The Kier molecular flexibility index (Phi) is 2.50. The molecule has 1 nitrogen and oxygen atoms in total. The van der Waals surface area contributed by atoms with Crippen LogP contribution in [0.5, 0.6) is 0 Å². The van der Waals surface area contributed by atoms with Crippen molar-refractivity contribution in [3.63, 3.8) is 0 Å². The van der Waals surface area contributed by atoms with E-state index in [-0.39, 0.29) is 0 Å². The number of hydrogen-bond donors (Lipinski definition) is 0. The Balaban J connectivity index is 2.57. The summed E-state index contributed by atoms with van der Waals surface area (Å²) >= 11 is 3.27. The molecule has 0 aliphatic heterocycles. The Hall–Kier alpha value is -0.960. The van der Waals surface area contributed by atoms with Crippen LogP contribution in [-0.4, -0.2) is 5.78 Å². The summed E-state index contributed by atoms with van der Waals surface area (Å²) in [5.74, 6) is -1.14. The van der Waals surface area contributed by atoms with E-state index in [2.05, 4.69) is 15.9 Å². The maximum absolute atomic E-state index is 13.1. The Labute approximate surface area is 89.8 Å². The third-order valence-corrected chi connectivity index (χ3v) is 2.76. The summed E-state index contributed by atoms with van der Waals surface area (Å²) < 4.78 is 13.9. The summed E-state index contributed by atoms with van der Waals surface area (Å²) in [4.78, 5) is 11.5. The molecule has 0 saturated heterocycles. The van der Waals surface area contributed by atoms with Crippen molar-refractivity contribution in [1.29, 1.82) is 0 Å². The fourth-order valence-corrected chi connectivity index (χ4v) is 1.91. The molecule has 0 N–H and O–H groups in total. The van der Waals surface area contributed by atoms with Crippen molar-refractivity contribution in [1.82, 2.24) is 0 Å². The SMILES string of the molecule is O=C1C(F)=CCCc2ccc(Br)cc21. The molecule has 1 aromatic rings. The van der Waals surface area contributed by atoms with E-state index in [1.54, 1.807) is 6.07 Å². The molecule has 0 amide bonds. The van der Waals surface area contributed by atoms with Gasteiger partial charge in [-0.3, -0.25) is 4.79 Å². The van der Waals surface area contributed by atoms with E-state index in [1.807, 2.05) is 12.1 Å². The Bertz CT molecular complexity index is 423. The van der Waals surface area contributed by atoms with Gasteiger partial charge < -0.3 is 0 Å². The first-order chi connectivity index (χ1) is 6.68. The van der Waals surface area contributed by atoms with Crippen LogP contribution >= 0.6 is 15.9 Å². The number of halogens is 2. The predicted octanol–water partition coefficient (Wildman–Crippen LogP) is 3.43. The topological polar surface area (TPSA) is 17.1 Å². The third kappa shape index (κ3) is 1.64. The molecular formula is C11H8BrFO. The highest BCUT2D eigenvalue weighted by atomic mass is 79.9. The number of benzene rings is 1. The predicted molar refractivity (Wildman–Crippen MR) is 56.0 cm³/mol. The quantitative estimate of drug-likeness (QED) is 0.694. The average Bonchev–Trinajstić information content (AvgIpc) is 2.30. The number of Topliss-reactive ketones (excluding diaryl/α,β-unsaturated/α-hetero) is 1. The van der Waals surface area contributed by atoms with Crippen molar-refractivity contribution in [2.75, 3.05) is 0 Å². The molecule has 0 spiro atoms. The van der Waals surface area contributed by atoms with Crippen molar-refractivity contribution in [2.45, 2.75) is 12.8 Å². The van der Waals surface area contributed by atoms with Gasteiger partial charge in [0.2, 0.25) is 5.78 Å². The van der Waals surface area contributed by atoms with Crippen molar-refractivity contribution in [3.8, 4) is 0 Å². The second-order valence-corrected chi connectivity index (χ2v) is 4.14. The minimum Gasteiger partial charge on any atom is -0.286 e. The monoisotopic (exact) mass is 254 g/mol. The van der Waals surface area contributed by atoms with Gasteiger partial charge in [-0.15, -0.1) is 0 Å². The molecule has 0 atom stereocenters. The highest BCUT2D eigenvalue weighted by molar-refractivity contribution is 9.10. The van der Waals surface area contributed by atoms with Gasteiger partial charge in [-0.25, -0.2) is 4.39 Å². The standard InChI is InChI=1S/C11H8BrFO/c12-8-5-4-7-2-1-3-10(13)11(14)9(7)6-8/h3-6H,1-2H2. The van der Waals surface area contributed by atoms with Crippen molar-refractivity contribution in [2.24, 2.45) is 0 Å². The van der Waals surface area contributed by atoms with Gasteiger partial charge in [-0.1, -0.05) is 22.0 Å². The lowest BCUT2D eigenvalue weighted by Crippen LogP contribution is -2.01. The van der Waals surface area contributed by atoms with Crippen LogP contribution in [0, 0.1) is 0 Å². The highest BCUT2D eigenvalue weighted by Gasteiger charge is 2.18. The van der Waals surface area contributed by atoms with Gasteiger partial charge in [-0.2, -0.15) is 0 Å². The molecule has 1 aliphatic carbocycles. The van der Waals surface area contributed by atoms with Gasteiger partial charge in [0.15, 0.2) is 5.83 Å². The molecule has 0 bridgehead atoms. The number of hydrogen-bond acceptors (Lipinski definition) is 1. The average molecular weight is 255 g/mol. The lowest BCUT2D eigenvalue weighted by Gasteiger charge is -2.04. The van der Waals surface area contributed by atoms with Crippen LogP contribution in [0.2, 0.25) is 0 Å². The molecule has 0 unspecified atom stereocenters. The number of ketones is 1. The normalized spacial score (nSPS) is 15.9. The first-order valence-electron chi connectivity index (χ1n) is 4.37. The van der Waals surface area contributed by atoms with Crippen molar-refractivity contribution < 1.29 is 9.18 Å². The second-order valence-electron chi connectivity index (χ2n) is 3.22. The first-order valence-corrected chi connectivity index (χ1v) is 5.16. The zero-order chi connectivity index (χ0) is 10.1. The van der Waals surface area contributed by atoms with Crippen LogP contribution < -0.4 is 0 Å². The summed E-state index contributed by atoms with van der Waals surface area (Å²) in [7, 11) is 0. The zero-order valence-electron chi connectivity index (χ0n) is 7.39. The number of aryl methyl sites for hydroxylation is 1. The van der Waals surface area contributed by atoms with Gasteiger partial charge in [-0.05, 0) is 36.6 Å². The van der Waals surface area contributed by atoms with E-state index < -0.39 is 11.6 Å². The number of allylic oxidation sites excluding steroid dienone is 2. The van der Waals surface area contributed by atoms with Crippen molar-refractivity contribution >= 4 is 21.7 Å². The van der Waals surface area contributed by atoms with Gasteiger partial charge >= 0.3 is 0 Å². The van der Waals surface area contributed by atoms with E-state index in [0.29, 0.717) is 12.0 Å². The summed E-state index contributed by atoms with van der Waals surface area (Å²) in [5, 5.41) is 0. The van der Waals surface area contributed by atoms with Crippen LogP contribution in [-0.2, 0) is 6.42 Å².